The summed E-state index contributed by atoms with van der Waals surface area (Å²) in [6, 6.07) is 4.52. The molecule has 1 saturated carbocycles. The zero-order chi connectivity index (χ0) is 19.9. The van der Waals surface area contributed by atoms with E-state index in [1.165, 1.54) is 37.0 Å². The highest BCUT2D eigenvalue weighted by Gasteiger charge is 2.36. The van der Waals surface area contributed by atoms with Gasteiger partial charge in [-0.15, -0.1) is 11.3 Å². The van der Waals surface area contributed by atoms with Crippen molar-refractivity contribution in [3.63, 3.8) is 0 Å². The molecular formula is C22H38N4OS. The van der Waals surface area contributed by atoms with Crippen LogP contribution < -0.4 is 10.6 Å². The first kappa shape index (κ1) is 21.6. The largest absolute Gasteiger partial charge is 0.381 e. The third-order valence-electron chi connectivity index (χ3n) is 6.70. The van der Waals surface area contributed by atoms with Crippen molar-refractivity contribution in [1.82, 2.24) is 15.5 Å². The van der Waals surface area contributed by atoms with Crippen molar-refractivity contribution >= 4 is 17.3 Å². The third kappa shape index (κ3) is 5.08. The molecule has 0 radical (unpaired) electrons. The molecule has 6 heteroatoms. The molecule has 0 bridgehead atoms. The summed E-state index contributed by atoms with van der Waals surface area (Å²) in [4.78, 5) is 8.90. The normalized spacial score (nSPS) is 22.2. The van der Waals surface area contributed by atoms with Gasteiger partial charge in [-0.1, -0.05) is 25.3 Å². The maximum absolute atomic E-state index is 5.61. The van der Waals surface area contributed by atoms with Crippen molar-refractivity contribution in [3.8, 4) is 0 Å². The van der Waals surface area contributed by atoms with E-state index < -0.39 is 0 Å². The van der Waals surface area contributed by atoms with Crippen molar-refractivity contribution < 1.29 is 4.74 Å². The predicted molar refractivity (Wildman–Crippen MR) is 120 cm³/mol. The number of nitrogens with zero attached hydrogens (tertiary/aromatic N) is 2. The molecule has 0 amide bonds. The minimum atomic E-state index is 0.108. The summed E-state index contributed by atoms with van der Waals surface area (Å²) in [5, 5.41) is 9.40. The molecule has 158 valence electrons. The van der Waals surface area contributed by atoms with Gasteiger partial charge >= 0.3 is 0 Å². The summed E-state index contributed by atoms with van der Waals surface area (Å²) >= 11 is 1.91. The lowest BCUT2D eigenvalue weighted by molar-refractivity contribution is -0.00255. The summed E-state index contributed by atoms with van der Waals surface area (Å²) in [6.07, 6.45) is 8.67. The monoisotopic (exact) mass is 406 g/mol. The Balaban J connectivity index is 1.70. The van der Waals surface area contributed by atoms with Gasteiger partial charge in [0.2, 0.25) is 0 Å². The summed E-state index contributed by atoms with van der Waals surface area (Å²) < 4.78 is 5.61. The van der Waals surface area contributed by atoms with E-state index in [4.69, 9.17) is 9.73 Å². The highest BCUT2D eigenvalue weighted by molar-refractivity contribution is 7.10. The molecule has 3 rings (SSSR count). The fourth-order valence-corrected chi connectivity index (χ4v) is 5.63. The molecule has 1 saturated heterocycles. The summed E-state index contributed by atoms with van der Waals surface area (Å²) in [7, 11) is 4.35. The molecule has 5 nitrogen and oxygen atoms in total. The van der Waals surface area contributed by atoms with Gasteiger partial charge in [0.25, 0.3) is 0 Å². The molecule has 1 aromatic rings. The fraction of sp³-hybridized carbons (Fsp3) is 0.773. The second kappa shape index (κ2) is 10.1. The first-order valence-corrected chi connectivity index (χ1v) is 11.8. The maximum atomic E-state index is 5.61. The van der Waals surface area contributed by atoms with Gasteiger partial charge in [-0.05, 0) is 58.1 Å². The lowest BCUT2D eigenvalue weighted by Gasteiger charge is -2.42. The number of aliphatic imine (C=N–C) groups is 1. The van der Waals surface area contributed by atoms with E-state index in [0.717, 1.165) is 51.6 Å². The molecule has 0 atom stereocenters. The second-order valence-corrected chi connectivity index (χ2v) is 9.55. The van der Waals surface area contributed by atoms with E-state index in [1.807, 2.05) is 11.3 Å². The maximum Gasteiger partial charge on any atom is 0.191 e. The van der Waals surface area contributed by atoms with Gasteiger partial charge in [-0.2, -0.15) is 0 Å². The summed E-state index contributed by atoms with van der Waals surface area (Å²) in [5.74, 6) is 0.955. The molecule has 1 aromatic heterocycles. The average Bonchev–Trinajstić information content (AvgIpc) is 3.27. The zero-order valence-corrected chi connectivity index (χ0v) is 18.7. The number of rotatable bonds is 7. The molecule has 0 unspecified atom stereocenters. The Labute approximate surface area is 174 Å². The van der Waals surface area contributed by atoms with Crippen molar-refractivity contribution in [1.29, 1.82) is 0 Å². The van der Waals surface area contributed by atoms with Gasteiger partial charge in [0, 0.05) is 42.1 Å². The molecule has 28 heavy (non-hydrogen) atoms. The standard InChI is InChI=1S/C22H38N4OS/c1-4-23-20(25-18-22(26(2)3)12-14-27-15-13-22)24-17-21(10-6-5-7-11-21)19-9-8-16-28-19/h8-9,16H,4-7,10-15,17-18H2,1-3H3,(H2,23,24,25). The van der Waals surface area contributed by atoms with Crippen LogP contribution in [0.4, 0.5) is 0 Å². The molecular weight excluding hydrogens is 368 g/mol. The van der Waals surface area contributed by atoms with Crippen LogP contribution in [0.3, 0.4) is 0 Å². The van der Waals surface area contributed by atoms with Gasteiger partial charge in [0.1, 0.15) is 0 Å². The molecule has 2 N–H and O–H groups in total. The minimum Gasteiger partial charge on any atom is -0.381 e. The number of hydrogen-bond acceptors (Lipinski definition) is 4. The van der Waals surface area contributed by atoms with Crippen LogP contribution in [0.1, 0.15) is 56.7 Å². The van der Waals surface area contributed by atoms with Crippen molar-refractivity contribution in [2.45, 2.75) is 62.8 Å². The Morgan fingerprint density at radius 2 is 1.89 bits per heavy atom. The van der Waals surface area contributed by atoms with Crippen molar-refractivity contribution in [3.05, 3.63) is 22.4 Å². The van der Waals surface area contributed by atoms with Crippen LogP contribution in [0.2, 0.25) is 0 Å². The fourth-order valence-electron chi connectivity index (χ4n) is 4.64. The van der Waals surface area contributed by atoms with E-state index in [-0.39, 0.29) is 11.0 Å². The molecule has 1 aliphatic carbocycles. The third-order valence-corrected chi connectivity index (χ3v) is 7.81. The number of likely N-dealkylation sites (N-methyl/N-ethyl adjacent to an activating group) is 1. The van der Waals surface area contributed by atoms with E-state index in [1.54, 1.807) is 0 Å². The average molecular weight is 407 g/mol. The van der Waals surface area contributed by atoms with E-state index in [9.17, 15) is 0 Å². The topological polar surface area (TPSA) is 48.9 Å². The van der Waals surface area contributed by atoms with Crippen LogP contribution in [-0.2, 0) is 10.2 Å². The summed E-state index contributed by atoms with van der Waals surface area (Å²) in [6.45, 7) is 6.47. The van der Waals surface area contributed by atoms with Crippen molar-refractivity contribution in [2.75, 3.05) is 46.9 Å². The lowest BCUT2D eigenvalue weighted by atomic mass is 9.73. The molecule has 2 aliphatic rings. The SMILES string of the molecule is CCNC(=NCC1(N(C)C)CCOCC1)NCC1(c2cccs2)CCCCC1. The minimum absolute atomic E-state index is 0.108. The van der Waals surface area contributed by atoms with Crippen LogP contribution in [0.5, 0.6) is 0 Å². The molecule has 0 aromatic carbocycles. The smallest absolute Gasteiger partial charge is 0.191 e. The Morgan fingerprint density at radius 3 is 2.50 bits per heavy atom. The van der Waals surface area contributed by atoms with Crippen LogP contribution in [0.15, 0.2) is 22.5 Å². The zero-order valence-electron chi connectivity index (χ0n) is 17.9. The van der Waals surface area contributed by atoms with Gasteiger partial charge in [-0.3, -0.25) is 4.99 Å². The Morgan fingerprint density at radius 1 is 1.14 bits per heavy atom. The van der Waals surface area contributed by atoms with Crippen LogP contribution in [0.25, 0.3) is 0 Å². The van der Waals surface area contributed by atoms with Gasteiger partial charge < -0.3 is 20.3 Å². The highest BCUT2D eigenvalue weighted by atomic mass is 32.1. The van der Waals surface area contributed by atoms with Gasteiger partial charge in [0.05, 0.1) is 6.54 Å². The number of nitrogens with one attached hydrogen (secondary N) is 2. The quantitative estimate of drug-likeness (QED) is 0.536. The Bertz CT molecular complexity index is 602. The number of ether oxygens (including phenoxy) is 1. The lowest BCUT2D eigenvalue weighted by Crippen LogP contribution is -2.52. The van der Waals surface area contributed by atoms with Crippen LogP contribution in [-0.4, -0.2) is 63.3 Å². The van der Waals surface area contributed by atoms with Crippen LogP contribution >= 0.6 is 11.3 Å². The predicted octanol–water partition coefficient (Wildman–Crippen LogP) is 3.62. The molecule has 0 spiro atoms. The first-order chi connectivity index (χ1) is 13.6. The first-order valence-electron chi connectivity index (χ1n) is 10.9. The summed E-state index contributed by atoms with van der Waals surface area (Å²) in [5.41, 5.74) is 0.372. The Hall–Kier alpha value is -1.11. The van der Waals surface area contributed by atoms with E-state index in [2.05, 4.69) is 54.1 Å². The van der Waals surface area contributed by atoms with Gasteiger partial charge in [-0.25, -0.2) is 0 Å². The molecule has 1 aliphatic heterocycles. The van der Waals surface area contributed by atoms with E-state index >= 15 is 0 Å². The molecule has 2 fully saturated rings. The Kier molecular flexibility index (Phi) is 7.77. The van der Waals surface area contributed by atoms with Crippen molar-refractivity contribution in [2.24, 2.45) is 4.99 Å². The number of thiophene rings is 1. The number of guanidine groups is 1. The van der Waals surface area contributed by atoms with E-state index in [0.29, 0.717) is 0 Å². The molecule has 2 heterocycles. The van der Waals surface area contributed by atoms with Crippen LogP contribution in [0, 0.1) is 0 Å². The second-order valence-electron chi connectivity index (χ2n) is 8.60. The van der Waals surface area contributed by atoms with Gasteiger partial charge in [0.15, 0.2) is 5.96 Å². The highest BCUT2D eigenvalue weighted by Crippen LogP contribution is 2.41. The number of hydrogen-bond donors (Lipinski definition) is 2.